The summed E-state index contributed by atoms with van der Waals surface area (Å²) in [6, 6.07) is 1.41. The van der Waals surface area contributed by atoms with Gasteiger partial charge in [-0.1, -0.05) is 0 Å². The maximum absolute atomic E-state index is 12.7. The number of nitrogens with one attached hydrogen (secondary N) is 1. The topological polar surface area (TPSA) is 29.9 Å². The van der Waals surface area contributed by atoms with Gasteiger partial charge in [0.25, 0.3) is 0 Å². The molecule has 0 spiro atoms. The molecule has 1 heterocycles. The van der Waals surface area contributed by atoms with Crippen molar-refractivity contribution in [3.63, 3.8) is 0 Å². The van der Waals surface area contributed by atoms with Crippen LogP contribution in [0.4, 0.5) is 13.2 Å². The molecule has 1 N–H and O–H groups in total. The van der Waals surface area contributed by atoms with Gasteiger partial charge in [-0.15, -0.1) is 0 Å². The standard InChI is InChI=1S/C9H14F3N3/c1-13-5-3-7(9(10,11)12)8-4-6-14-15(8)2/h4,6-7,13H,3,5H2,1-2H3. The summed E-state index contributed by atoms with van der Waals surface area (Å²) in [6.45, 7) is 0.329. The maximum atomic E-state index is 12.7. The third-order valence-electron chi connectivity index (χ3n) is 2.29. The van der Waals surface area contributed by atoms with E-state index in [1.54, 1.807) is 7.05 Å². The number of aromatic nitrogens is 2. The quantitative estimate of drug-likeness (QED) is 0.838. The van der Waals surface area contributed by atoms with Crippen LogP contribution in [0.5, 0.6) is 0 Å². The highest BCUT2D eigenvalue weighted by Crippen LogP contribution is 2.36. The van der Waals surface area contributed by atoms with Gasteiger partial charge < -0.3 is 5.32 Å². The Morgan fingerprint density at radius 3 is 2.60 bits per heavy atom. The summed E-state index contributed by atoms with van der Waals surface area (Å²) in [5.41, 5.74) is 0.206. The first-order valence-electron chi connectivity index (χ1n) is 4.66. The van der Waals surface area contributed by atoms with Crippen molar-refractivity contribution in [2.75, 3.05) is 13.6 Å². The monoisotopic (exact) mass is 221 g/mol. The summed E-state index contributed by atoms with van der Waals surface area (Å²) in [5, 5.41) is 6.48. The van der Waals surface area contributed by atoms with Crippen molar-refractivity contribution in [3.05, 3.63) is 18.0 Å². The van der Waals surface area contributed by atoms with E-state index in [0.717, 1.165) is 0 Å². The van der Waals surface area contributed by atoms with Gasteiger partial charge in [-0.2, -0.15) is 18.3 Å². The molecule has 86 valence electrons. The van der Waals surface area contributed by atoms with Gasteiger partial charge in [0.15, 0.2) is 0 Å². The zero-order chi connectivity index (χ0) is 11.5. The van der Waals surface area contributed by atoms with Gasteiger partial charge in [0.05, 0.1) is 11.6 Å². The van der Waals surface area contributed by atoms with E-state index in [4.69, 9.17) is 0 Å². The summed E-state index contributed by atoms with van der Waals surface area (Å²) in [4.78, 5) is 0. The predicted octanol–water partition coefficient (Wildman–Crippen LogP) is 1.68. The lowest BCUT2D eigenvalue weighted by molar-refractivity contribution is -0.153. The Balaban J connectivity index is 2.87. The highest BCUT2D eigenvalue weighted by Gasteiger charge is 2.41. The molecule has 0 aromatic carbocycles. The number of rotatable bonds is 4. The third kappa shape index (κ3) is 2.95. The normalized spacial score (nSPS) is 14.2. The van der Waals surface area contributed by atoms with E-state index in [1.165, 1.54) is 24.0 Å². The van der Waals surface area contributed by atoms with Gasteiger partial charge in [0.1, 0.15) is 0 Å². The number of alkyl halides is 3. The van der Waals surface area contributed by atoms with E-state index >= 15 is 0 Å². The lowest BCUT2D eigenvalue weighted by Crippen LogP contribution is -2.26. The van der Waals surface area contributed by atoms with Crippen LogP contribution < -0.4 is 5.32 Å². The molecular weight excluding hydrogens is 207 g/mol. The van der Waals surface area contributed by atoms with Gasteiger partial charge in [-0.3, -0.25) is 4.68 Å². The van der Waals surface area contributed by atoms with Crippen molar-refractivity contribution in [2.45, 2.75) is 18.5 Å². The van der Waals surface area contributed by atoms with Crippen molar-refractivity contribution in [3.8, 4) is 0 Å². The Kier molecular flexibility index (Phi) is 3.73. The van der Waals surface area contributed by atoms with Gasteiger partial charge in [-0.25, -0.2) is 0 Å². The van der Waals surface area contributed by atoms with Crippen LogP contribution in [-0.4, -0.2) is 29.5 Å². The van der Waals surface area contributed by atoms with Crippen LogP contribution in [0.1, 0.15) is 18.0 Å². The predicted molar refractivity (Wildman–Crippen MR) is 50.5 cm³/mol. The lowest BCUT2D eigenvalue weighted by atomic mass is 10.0. The Bertz CT molecular complexity index is 306. The summed E-state index contributed by atoms with van der Waals surface area (Å²) in [5.74, 6) is -1.45. The first-order valence-corrected chi connectivity index (χ1v) is 4.66. The molecule has 1 aromatic heterocycles. The minimum absolute atomic E-state index is 0.0273. The van der Waals surface area contributed by atoms with Gasteiger partial charge in [-0.05, 0) is 26.1 Å². The van der Waals surface area contributed by atoms with Crippen LogP contribution in [0.25, 0.3) is 0 Å². The smallest absolute Gasteiger partial charge is 0.320 e. The Hall–Kier alpha value is -1.04. The number of hydrogen-bond acceptors (Lipinski definition) is 2. The van der Waals surface area contributed by atoms with Crippen LogP contribution in [0.3, 0.4) is 0 Å². The highest BCUT2D eigenvalue weighted by molar-refractivity contribution is 5.10. The first kappa shape index (κ1) is 12.0. The third-order valence-corrected chi connectivity index (χ3v) is 2.29. The molecule has 1 atom stereocenters. The molecule has 1 rings (SSSR count). The molecule has 0 aliphatic rings. The van der Waals surface area contributed by atoms with E-state index in [1.807, 2.05) is 0 Å². The van der Waals surface area contributed by atoms with Crippen molar-refractivity contribution in [1.29, 1.82) is 0 Å². The maximum Gasteiger partial charge on any atom is 0.397 e. The lowest BCUT2D eigenvalue weighted by Gasteiger charge is -2.20. The molecular formula is C9H14F3N3. The molecule has 0 bridgehead atoms. The molecule has 0 amide bonds. The fraction of sp³-hybridized carbons (Fsp3) is 0.667. The molecule has 1 unspecified atom stereocenters. The average molecular weight is 221 g/mol. The second-order valence-electron chi connectivity index (χ2n) is 3.37. The zero-order valence-corrected chi connectivity index (χ0v) is 8.67. The Morgan fingerprint density at radius 2 is 2.20 bits per heavy atom. The molecule has 0 aliphatic carbocycles. The first-order chi connectivity index (χ1) is 6.96. The fourth-order valence-electron chi connectivity index (χ4n) is 1.49. The highest BCUT2D eigenvalue weighted by atomic mass is 19.4. The number of aryl methyl sites for hydroxylation is 1. The molecule has 0 fully saturated rings. The minimum Gasteiger partial charge on any atom is -0.320 e. The van der Waals surface area contributed by atoms with E-state index in [0.29, 0.717) is 6.54 Å². The fourth-order valence-corrected chi connectivity index (χ4v) is 1.49. The molecule has 15 heavy (non-hydrogen) atoms. The molecule has 0 saturated carbocycles. The minimum atomic E-state index is -4.22. The Morgan fingerprint density at radius 1 is 1.53 bits per heavy atom. The van der Waals surface area contributed by atoms with Gasteiger partial charge >= 0.3 is 6.18 Å². The van der Waals surface area contributed by atoms with Crippen molar-refractivity contribution in [1.82, 2.24) is 15.1 Å². The summed E-state index contributed by atoms with van der Waals surface area (Å²) in [7, 11) is 3.16. The van der Waals surface area contributed by atoms with E-state index in [-0.39, 0.29) is 12.1 Å². The van der Waals surface area contributed by atoms with E-state index in [2.05, 4.69) is 10.4 Å². The largest absolute Gasteiger partial charge is 0.397 e. The average Bonchev–Trinajstić information content (AvgIpc) is 2.51. The van der Waals surface area contributed by atoms with Crippen molar-refractivity contribution < 1.29 is 13.2 Å². The summed E-state index contributed by atoms with van der Waals surface area (Å²) < 4.78 is 39.4. The van der Waals surface area contributed by atoms with Crippen molar-refractivity contribution in [2.24, 2.45) is 7.05 Å². The second-order valence-corrected chi connectivity index (χ2v) is 3.37. The molecule has 1 aromatic rings. The summed E-state index contributed by atoms with van der Waals surface area (Å²) >= 11 is 0. The zero-order valence-electron chi connectivity index (χ0n) is 8.67. The number of hydrogen-bond donors (Lipinski definition) is 1. The van der Waals surface area contributed by atoms with E-state index in [9.17, 15) is 13.2 Å². The molecule has 0 aliphatic heterocycles. The van der Waals surface area contributed by atoms with Crippen LogP contribution in [0.15, 0.2) is 12.3 Å². The molecule has 0 saturated heterocycles. The van der Waals surface area contributed by atoms with Gasteiger partial charge in [0.2, 0.25) is 0 Å². The molecule has 3 nitrogen and oxygen atoms in total. The summed E-state index contributed by atoms with van der Waals surface area (Å²) in [6.07, 6.45) is -2.81. The number of halogens is 3. The molecule has 6 heteroatoms. The van der Waals surface area contributed by atoms with Crippen molar-refractivity contribution >= 4 is 0 Å². The van der Waals surface area contributed by atoms with Crippen LogP contribution >= 0.6 is 0 Å². The van der Waals surface area contributed by atoms with E-state index < -0.39 is 12.1 Å². The van der Waals surface area contributed by atoms with Gasteiger partial charge in [0, 0.05) is 13.2 Å². The Labute approximate surface area is 86.3 Å². The number of nitrogens with zero attached hydrogens (tertiary/aromatic N) is 2. The SMILES string of the molecule is CNCCC(c1ccnn1C)C(F)(F)F. The van der Waals surface area contributed by atoms with Crippen LogP contribution in [-0.2, 0) is 7.05 Å². The second kappa shape index (κ2) is 4.65. The van der Waals surface area contributed by atoms with Crippen LogP contribution in [0.2, 0.25) is 0 Å². The molecule has 0 radical (unpaired) electrons. The van der Waals surface area contributed by atoms with Crippen LogP contribution in [0, 0.1) is 0 Å².